The van der Waals surface area contributed by atoms with Crippen LogP contribution in [0.5, 0.6) is 0 Å². The fourth-order valence-electron chi connectivity index (χ4n) is 3.01. The largest absolute Gasteiger partial charge is 0.352 e. The first kappa shape index (κ1) is 16.7. The van der Waals surface area contributed by atoms with Crippen molar-refractivity contribution in [2.24, 2.45) is 14.1 Å². The van der Waals surface area contributed by atoms with Crippen LogP contribution in [0.15, 0.2) is 49.5 Å². The molecule has 9 heteroatoms. The average Bonchev–Trinajstić information content (AvgIpc) is 2.65. The van der Waals surface area contributed by atoms with Crippen LogP contribution in [0, 0.1) is 6.92 Å². The van der Waals surface area contributed by atoms with Gasteiger partial charge < -0.3 is 0 Å². The van der Waals surface area contributed by atoms with Gasteiger partial charge in [-0.15, -0.1) is 0 Å². The lowest BCUT2D eigenvalue weighted by Crippen LogP contribution is -2.38. The van der Waals surface area contributed by atoms with Crippen LogP contribution in [-0.2, 0) is 14.1 Å². The van der Waals surface area contributed by atoms with E-state index in [2.05, 4.69) is 9.97 Å². The third-order valence-electron chi connectivity index (χ3n) is 4.60. The molecule has 136 valence electrons. The van der Waals surface area contributed by atoms with Crippen molar-refractivity contribution < 1.29 is 0 Å². The molecule has 0 saturated heterocycles. The Hall–Kier alpha value is -3.75. The van der Waals surface area contributed by atoms with Gasteiger partial charge in [0.2, 0.25) is 0 Å². The van der Waals surface area contributed by atoms with Gasteiger partial charge in [0, 0.05) is 19.8 Å². The zero-order valence-electron chi connectivity index (χ0n) is 14.8. The first-order chi connectivity index (χ1) is 12.8. The molecule has 1 N–H and O–H groups in total. The zero-order chi connectivity index (χ0) is 19.5. The Labute approximate surface area is 151 Å². The number of fused-ring (bicyclic) bond motifs is 2. The molecule has 0 aliphatic carbocycles. The van der Waals surface area contributed by atoms with Gasteiger partial charge in [-0.1, -0.05) is 17.7 Å². The van der Waals surface area contributed by atoms with Crippen LogP contribution in [0.3, 0.4) is 0 Å². The molecule has 2 aliphatic heterocycles. The topological polar surface area (TPSA) is 112 Å². The van der Waals surface area contributed by atoms with Gasteiger partial charge in [0.05, 0.1) is 10.9 Å². The van der Waals surface area contributed by atoms with E-state index in [-0.39, 0.29) is 22.4 Å². The van der Waals surface area contributed by atoms with E-state index in [9.17, 15) is 19.2 Å². The minimum Gasteiger partial charge on any atom is -0.292 e. The first-order valence-electron chi connectivity index (χ1n) is 8.12. The number of aromatic nitrogens is 5. The summed E-state index contributed by atoms with van der Waals surface area (Å²) in [6.07, 6.45) is 0. The maximum Gasteiger partial charge on any atom is 0.352 e. The molecule has 0 bridgehead atoms. The summed E-state index contributed by atoms with van der Waals surface area (Å²) in [4.78, 5) is 56.2. The lowest BCUT2D eigenvalue weighted by Gasteiger charge is -2.18. The highest BCUT2D eigenvalue weighted by molar-refractivity contribution is 5.83. The van der Waals surface area contributed by atoms with E-state index in [1.54, 1.807) is 12.1 Å². The van der Waals surface area contributed by atoms with Gasteiger partial charge in [-0.05, 0) is 25.1 Å². The van der Waals surface area contributed by atoms with E-state index in [0.717, 1.165) is 14.7 Å². The third-order valence-corrected chi connectivity index (χ3v) is 4.60. The van der Waals surface area contributed by atoms with E-state index in [1.807, 2.05) is 19.1 Å². The van der Waals surface area contributed by atoms with Crippen molar-refractivity contribution in [2.75, 3.05) is 0 Å². The number of nitrogens with zero attached hydrogens (tertiary/aromatic N) is 4. The summed E-state index contributed by atoms with van der Waals surface area (Å²) in [5.41, 5.74) is -0.626. The molecule has 0 amide bonds. The number of pyridine rings is 1. The van der Waals surface area contributed by atoms with Crippen molar-refractivity contribution in [3.63, 3.8) is 0 Å². The van der Waals surface area contributed by atoms with Gasteiger partial charge in [-0.2, -0.15) is 4.98 Å². The van der Waals surface area contributed by atoms with Crippen molar-refractivity contribution >= 4 is 11.0 Å². The molecule has 9 nitrogen and oxygen atoms in total. The van der Waals surface area contributed by atoms with Crippen molar-refractivity contribution in [3.8, 4) is 17.1 Å². The van der Waals surface area contributed by atoms with E-state index in [4.69, 9.17) is 0 Å². The van der Waals surface area contributed by atoms with Gasteiger partial charge in [0.1, 0.15) is 5.65 Å². The predicted molar refractivity (Wildman–Crippen MR) is 99.8 cm³/mol. The second-order valence-corrected chi connectivity index (χ2v) is 6.37. The highest BCUT2D eigenvalue weighted by Crippen LogP contribution is 2.24. The minimum absolute atomic E-state index is 0.0726. The van der Waals surface area contributed by atoms with E-state index in [0.29, 0.717) is 5.69 Å². The Morgan fingerprint density at radius 3 is 2.26 bits per heavy atom. The van der Waals surface area contributed by atoms with Gasteiger partial charge >= 0.3 is 11.4 Å². The highest BCUT2D eigenvalue weighted by atomic mass is 16.2. The Bertz CT molecular complexity index is 1410. The quantitative estimate of drug-likeness (QED) is 0.473. The van der Waals surface area contributed by atoms with Crippen molar-refractivity contribution in [2.45, 2.75) is 6.92 Å². The number of aryl methyl sites for hydroxylation is 1. The molecule has 2 aromatic rings. The number of hydrogen-bond donors (Lipinski definition) is 1. The van der Waals surface area contributed by atoms with Crippen molar-refractivity contribution in [1.29, 1.82) is 0 Å². The Balaban J connectivity index is 2.35. The third kappa shape index (κ3) is 2.35. The number of H-pyrrole nitrogens is 1. The molecule has 4 rings (SSSR count). The summed E-state index contributed by atoms with van der Waals surface area (Å²) in [5.74, 6) is 0.0726. The minimum atomic E-state index is -0.723. The lowest BCUT2D eigenvalue weighted by atomic mass is 10.1. The molecular formula is C18H15N5O4. The van der Waals surface area contributed by atoms with Gasteiger partial charge in [-0.25, -0.2) is 9.59 Å². The maximum atomic E-state index is 12.6. The van der Waals surface area contributed by atoms with Crippen LogP contribution < -0.4 is 22.5 Å². The van der Waals surface area contributed by atoms with Crippen LogP contribution in [0.2, 0.25) is 0 Å². The summed E-state index contributed by atoms with van der Waals surface area (Å²) in [5, 5.41) is 0.141. The summed E-state index contributed by atoms with van der Waals surface area (Å²) < 4.78 is 3.26. The number of benzene rings is 1. The molecule has 27 heavy (non-hydrogen) atoms. The molecule has 2 aliphatic rings. The number of aromatic amines is 1. The molecule has 0 fully saturated rings. The normalized spacial score (nSPS) is 11.4. The highest BCUT2D eigenvalue weighted by Gasteiger charge is 2.22. The van der Waals surface area contributed by atoms with E-state index < -0.39 is 22.5 Å². The smallest absolute Gasteiger partial charge is 0.292 e. The van der Waals surface area contributed by atoms with Crippen LogP contribution in [-0.4, -0.2) is 23.7 Å². The van der Waals surface area contributed by atoms with Gasteiger partial charge in [0.25, 0.3) is 11.1 Å². The molecule has 0 spiro atoms. The van der Waals surface area contributed by atoms with Gasteiger partial charge in [0.15, 0.2) is 5.82 Å². The molecule has 0 radical (unpaired) electrons. The summed E-state index contributed by atoms with van der Waals surface area (Å²) >= 11 is 0. The SMILES string of the molecule is Cc1ccc(-n2c3nc(=O)n(C)c(=O)c-3cc3c(=O)n(C)c(=O)[nH]c32)cc1. The molecular weight excluding hydrogens is 350 g/mol. The number of hydrogen-bond acceptors (Lipinski definition) is 5. The first-order valence-corrected chi connectivity index (χ1v) is 8.12. The Kier molecular flexibility index (Phi) is 3.48. The molecule has 0 saturated carbocycles. The molecule has 1 aromatic carbocycles. The van der Waals surface area contributed by atoms with Crippen LogP contribution in [0.25, 0.3) is 28.1 Å². The number of nitrogens with one attached hydrogen (secondary N) is 1. The monoisotopic (exact) mass is 365 g/mol. The molecule has 3 heterocycles. The zero-order valence-corrected chi connectivity index (χ0v) is 14.8. The Morgan fingerprint density at radius 2 is 1.59 bits per heavy atom. The fraction of sp³-hybridized carbons (Fsp3) is 0.167. The fourth-order valence-corrected chi connectivity index (χ4v) is 3.01. The molecule has 1 aromatic heterocycles. The van der Waals surface area contributed by atoms with E-state index in [1.165, 1.54) is 24.7 Å². The summed E-state index contributed by atoms with van der Waals surface area (Å²) in [6.45, 7) is 1.91. The Morgan fingerprint density at radius 1 is 0.926 bits per heavy atom. The van der Waals surface area contributed by atoms with Crippen LogP contribution in [0.1, 0.15) is 5.56 Å². The maximum absolute atomic E-state index is 12.6. The average molecular weight is 365 g/mol. The van der Waals surface area contributed by atoms with Crippen LogP contribution >= 0.6 is 0 Å². The van der Waals surface area contributed by atoms with Crippen molar-refractivity contribution in [3.05, 3.63) is 77.6 Å². The molecule has 0 atom stereocenters. The second kappa shape index (κ2) is 5.63. The predicted octanol–water partition coefficient (Wildman–Crippen LogP) is -0.115. The standard InChI is InChI=1S/C18H15N5O4/c1-9-4-6-10(7-5-9)23-13-11(15(24)21(2)17(26)19-13)8-12-14(23)20-18(27)22(3)16(12)25/h4-8H,1-3H3,(H,19,26). The lowest BCUT2D eigenvalue weighted by molar-refractivity contribution is 0.759. The summed E-state index contributed by atoms with van der Waals surface area (Å²) in [6, 6.07) is 8.56. The second-order valence-electron chi connectivity index (χ2n) is 6.37. The van der Waals surface area contributed by atoms with Crippen molar-refractivity contribution in [1.82, 2.24) is 23.7 Å². The van der Waals surface area contributed by atoms with Gasteiger partial charge in [-0.3, -0.25) is 28.3 Å². The number of rotatable bonds is 1. The summed E-state index contributed by atoms with van der Waals surface area (Å²) in [7, 11) is 2.67. The molecule has 0 unspecified atom stereocenters. The van der Waals surface area contributed by atoms with E-state index >= 15 is 0 Å². The van der Waals surface area contributed by atoms with Crippen LogP contribution in [0.4, 0.5) is 0 Å².